The summed E-state index contributed by atoms with van der Waals surface area (Å²) in [5.41, 5.74) is 0. The third-order valence-electron chi connectivity index (χ3n) is 2.75. The van der Waals surface area contributed by atoms with Gasteiger partial charge in [-0.05, 0) is 6.42 Å². The largest absolute Gasteiger partial charge is 0.376 e. The first kappa shape index (κ1) is 16.5. The van der Waals surface area contributed by atoms with Gasteiger partial charge < -0.3 is 9.47 Å². The summed E-state index contributed by atoms with van der Waals surface area (Å²) < 4.78 is 9.01. The quantitative estimate of drug-likeness (QED) is 0.429. The molecule has 0 aromatic carbocycles. The molecule has 0 aliphatic rings. The molecule has 0 aliphatic heterocycles. The lowest BCUT2D eigenvalue weighted by atomic mass is 10.1. The molecule has 2 nitrogen and oxygen atoms in total. The Morgan fingerprint density at radius 1 is 1.00 bits per heavy atom. The van der Waals surface area contributed by atoms with Crippen molar-refractivity contribution in [3.8, 4) is 0 Å². The number of alkyl halides is 2. The number of hydrogen-bond donors (Lipinski definition) is 0. The van der Waals surface area contributed by atoms with Gasteiger partial charge in [-0.15, -0.1) is 0 Å². The average Bonchev–Trinajstić information content (AvgIpc) is 2.28. The standard InChI is InChI=1S/C12H24Cl2O2/c1-4-5-6-7-8-9-10-11(15-2)12(13,14)16-3/h11H,4-10H2,1-3H3. The van der Waals surface area contributed by atoms with Crippen LogP contribution in [-0.2, 0) is 9.47 Å². The van der Waals surface area contributed by atoms with Gasteiger partial charge in [-0.2, -0.15) is 0 Å². The molecule has 0 saturated heterocycles. The second kappa shape index (κ2) is 9.52. The van der Waals surface area contributed by atoms with Crippen molar-refractivity contribution in [3.63, 3.8) is 0 Å². The number of rotatable bonds is 10. The summed E-state index contributed by atoms with van der Waals surface area (Å²) in [5, 5.41) is 0. The van der Waals surface area contributed by atoms with Gasteiger partial charge in [-0.1, -0.05) is 68.7 Å². The fraction of sp³-hybridized carbons (Fsp3) is 1.00. The molecule has 0 aliphatic carbocycles. The van der Waals surface area contributed by atoms with E-state index >= 15 is 0 Å². The van der Waals surface area contributed by atoms with Crippen LogP contribution in [0.15, 0.2) is 0 Å². The van der Waals surface area contributed by atoms with E-state index in [-0.39, 0.29) is 6.10 Å². The van der Waals surface area contributed by atoms with Crippen molar-refractivity contribution >= 4 is 23.2 Å². The zero-order valence-corrected chi connectivity index (χ0v) is 12.1. The van der Waals surface area contributed by atoms with E-state index < -0.39 is 4.52 Å². The highest BCUT2D eigenvalue weighted by Gasteiger charge is 2.34. The second-order valence-corrected chi connectivity index (χ2v) is 5.36. The highest BCUT2D eigenvalue weighted by molar-refractivity contribution is 6.47. The van der Waals surface area contributed by atoms with Crippen molar-refractivity contribution in [2.45, 2.75) is 62.5 Å². The molecule has 1 unspecified atom stereocenters. The van der Waals surface area contributed by atoms with Crippen LogP contribution in [0, 0.1) is 0 Å². The predicted molar refractivity (Wildman–Crippen MR) is 70.2 cm³/mol. The van der Waals surface area contributed by atoms with E-state index in [4.69, 9.17) is 32.7 Å². The normalized spacial score (nSPS) is 14.1. The number of ether oxygens (including phenoxy) is 2. The lowest BCUT2D eigenvalue weighted by Gasteiger charge is -2.27. The van der Waals surface area contributed by atoms with Crippen LogP contribution in [0.25, 0.3) is 0 Å². The van der Waals surface area contributed by atoms with Gasteiger partial charge in [0.2, 0.25) is 4.52 Å². The molecule has 0 N–H and O–H groups in total. The summed E-state index contributed by atoms with van der Waals surface area (Å²) in [7, 11) is 3.10. The van der Waals surface area contributed by atoms with Gasteiger partial charge in [0.15, 0.2) is 0 Å². The first-order valence-corrected chi connectivity index (χ1v) is 6.79. The van der Waals surface area contributed by atoms with Crippen LogP contribution in [0.3, 0.4) is 0 Å². The van der Waals surface area contributed by atoms with Crippen LogP contribution < -0.4 is 0 Å². The summed E-state index contributed by atoms with van der Waals surface area (Å²) >= 11 is 11.9. The molecule has 0 amide bonds. The highest BCUT2D eigenvalue weighted by Crippen LogP contribution is 2.31. The van der Waals surface area contributed by atoms with Crippen molar-refractivity contribution in [2.75, 3.05) is 14.2 Å². The average molecular weight is 271 g/mol. The maximum Gasteiger partial charge on any atom is 0.243 e. The fourth-order valence-electron chi connectivity index (χ4n) is 1.66. The maximum atomic E-state index is 5.97. The Morgan fingerprint density at radius 2 is 1.56 bits per heavy atom. The summed E-state index contributed by atoms with van der Waals surface area (Å²) in [4.78, 5) is 0. The first-order chi connectivity index (χ1) is 7.58. The van der Waals surface area contributed by atoms with E-state index in [2.05, 4.69) is 6.92 Å². The highest BCUT2D eigenvalue weighted by atomic mass is 35.5. The SMILES string of the molecule is CCCCCCCCC(OC)C(Cl)(Cl)OC. The van der Waals surface area contributed by atoms with E-state index in [0.717, 1.165) is 12.8 Å². The van der Waals surface area contributed by atoms with Crippen molar-refractivity contribution in [1.29, 1.82) is 0 Å². The molecule has 0 aromatic heterocycles. The van der Waals surface area contributed by atoms with Crippen LogP contribution in [0.2, 0.25) is 0 Å². The Kier molecular flexibility index (Phi) is 9.82. The number of hydrogen-bond acceptors (Lipinski definition) is 2. The van der Waals surface area contributed by atoms with E-state index in [1.54, 1.807) is 7.11 Å². The molecule has 1 atom stereocenters. The van der Waals surface area contributed by atoms with E-state index in [9.17, 15) is 0 Å². The first-order valence-electron chi connectivity index (χ1n) is 6.04. The minimum absolute atomic E-state index is 0.257. The summed E-state index contributed by atoms with van der Waals surface area (Å²) in [6, 6.07) is 0. The van der Waals surface area contributed by atoms with Crippen LogP contribution >= 0.6 is 23.2 Å². The number of methoxy groups -OCH3 is 2. The monoisotopic (exact) mass is 270 g/mol. The lowest BCUT2D eigenvalue weighted by molar-refractivity contribution is -0.0228. The smallest absolute Gasteiger partial charge is 0.243 e. The van der Waals surface area contributed by atoms with Gasteiger partial charge in [0.05, 0.1) is 0 Å². The van der Waals surface area contributed by atoms with Crippen molar-refractivity contribution in [2.24, 2.45) is 0 Å². The van der Waals surface area contributed by atoms with E-state index in [1.807, 2.05) is 0 Å². The van der Waals surface area contributed by atoms with Crippen LogP contribution in [-0.4, -0.2) is 24.8 Å². The second-order valence-electron chi connectivity index (χ2n) is 4.05. The minimum atomic E-state index is -1.22. The molecular weight excluding hydrogens is 247 g/mol. The molecule has 0 saturated carbocycles. The van der Waals surface area contributed by atoms with Gasteiger partial charge in [0, 0.05) is 14.2 Å². The molecule has 0 bridgehead atoms. The Balaban J connectivity index is 3.64. The molecule has 4 heteroatoms. The van der Waals surface area contributed by atoms with Crippen molar-refractivity contribution < 1.29 is 9.47 Å². The Morgan fingerprint density at radius 3 is 2.06 bits per heavy atom. The lowest BCUT2D eigenvalue weighted by Crippen LogP contribution is -2.34. The van der Waals surface area contributed by atoms with Crippen molar-refractivity contribution in [1.82, 2.24) is 0 Å². The Bertz CT molecular complexity index is 163. The molecule has 0 aromatic rings. The molecule has 0 radical (unpaired) electrons. The Labute approximate surface area is 110 Å². The number of halogens is 2. The van der Waals surface area contributed by atoms with Gasteiger partial charge in [-0.3, -0.25) is 0 Å². The predicted octanol–water partition coefficient (Wildman–Crippen LogP) is 4.53. The van der Waals surface area contributed by atoms with Crippen LogP contribution in [0.5, 0.6) is 0 Å². The Hall–Kier alpha value is 0.500. The fourth-order valence-corrected chi connectivity index (χ4v) is 2.06. The zero-order chi connectivity index (χ0) is 12.4. The molecule has 98 valence electrons. The molecule has 0 spiro atoms. The third-order valence-corrected chi connectivity index (χ3v) is 3.55. The molecule has 0 rings (SSSR count). The van der Waals surface area contributed by atoms with Gasteiger partial charge >= 0.3 is 0 Å². The van der Waals surface area contributed by atoms with Crippen LogP contribution in [0.1, 0.15) is 51.9 Å². The topological polar surface area (TPSA) is 18.5 Å². The maximum absolute atomic E-state index is 5.97. The zero-order valence-electron chi connectivity index (χ0n) is 10.6. The van der Waals surface area contributed by atoms with Crippen molar-refractivity contribution in [3.05, 3.63) is 0 Å². The summed E-state index contributed by atoms with van der Waals surface area (Å²) in [5.74, 6) is 0. The molecule has 16 heavy (non-hydrogen) atoms. The van der Waals surface area contributed by atoms with Gasteiger partial charge in [-0.25, -0.2) is 0 Å². The molecule has 0 heterocycles. The molecule has 0 fully saturated rings. The number of unbranched alkanes of at least 4 members (excludes halogenated alkanes) is 5. The minimum Gasteiger partial charge on any atom is -0.376 e. The van der Waals surface area contributed by atoms with Gasteiger partial charge in [0.1, 0.15) is 6.10 Å². The molecular formula is C12H24Cl2O2. The van der Waals surface area contributed by atoms with Crippen LogP contribution in [0.4, 0.5) is 0 Å². The van der Waals surface area contributed by atoms with Gasteiger partial charge in [0.25, 0.3) is 0 Å². The third kappa shape index (κ3) is 6.95. The summed E-state index contributed by atoms with van der Waals surface area (Å²) in [6.07, 6.45) is 8.04. The van der Waals surface area contributed by atoms with E-state index in [1.165, 1.54) is 39.2 Å². The van der Waals surface area contributed by atoms with E-state index in [0.29, 0.717) is 0 Å². The summed E-state index contributed by atoms with van der Waals surface area (Å²) in [6.45, 7) is 2.22.